The van der Waals surface area contributed by atoms with Crippen molar-refractivity contribution in [2.24, 2.45) is 0 Å². The molecule has 0 bridgehead atoms. The summed E-state index contributed by atoms with van der Waals surface area (Å²) in [6.07, 6.45) is 3.23. The van der Waals surface area contributed by atoms with Gasteiger partial charge in [-0.2, -0.15) is 4.31 Å². The number of hydrogen-bond acceptors (Lipinski definition) is 6. The molecular formula is C24H32N2O6S. The number of rotatable bonds is 9. The van der Waals surface area contributed by atoms with E-state index in [4.69, 9.17) is 14.2 Å². The molecule has 9 heteroatoms. The number of nitrogens with zero attached hydrogens (tertiary/aromatic N) is 1. The molecule has 0 aliphatic carbocycles. The summed E-state index contributed by atoms with van der Waals surface area (Å²) in [4.78, 5) is 12.8. The van der Waals surface area contributed by atoms with Crippen molar-refractivity contribution in [3.05, 3.63) is 47.5 Å². The van der Waals surface area contributed by atoms with Crippen LogP contribution < -0.4 is 19.5 Å². The molecule has 0 spiro atoms. The van der Waals surface area contributed by atoms with Crippen molar-refractivity contribution in [3.8, 4) is 17.2 Å². The molecule has 2 aromatic rings. The zero-order valence-electron chi connectivity index (χ0n) is 19.6. The van der Waals surface area contributed by atoms with Gasteiger partial charge in [0.05, 0.1) is 21.3 Å². The van der Waals surface area contributed by atoms with Crippen LogP contribution in [0.1, 0.15) is 42.1 Å². The second kappa shape index (κ2) is 10.9. The Balaban J connectivity index is 1.74. The van der Waals surface area contributed by atoms with Gasteiger partial charge in [0.25, 0.3) is 5.91 Å². The molecule has 0 radical (unpaired) electrons. The third-order valence-electron chi connectivity index (χ3n) is 5.90. The van der Waals surface area contributed by atoms with Gasteiger partial charge in [-0.05, 0) is 62.1 Å². The lowest BCUT2D eigenvalue weighted by molar-refractivity contribution is 0.0954. The summed E-state index contributed by atoms with van der Waals surface area (Å²) in [7, 11) is 0.791. The van der Waals surface area contributed by atoms with Gasteiger partial charge in [0.2, 0.25) is 10.0 Å². The molecule has 180 valence electrons. The molecule has 1 saturated heterocycles. The van der Waals surface area contributed by atoms with Gasteiger partial charge in [0.15, 0.2) is 11.5 Å². The molecule has 1 fully saturated rings. The molecule has 1 heterocycles. The van der Waals surface area contributed by atoms with E-state index in [9.17, 15) is 13.2 Å². The first kappa shape index (κ1) is 24.9. The number of nitrogens with one attached hydrogen (secondary N) is 1. The maximum Gasteiger partial charge on any atom is 0.251 e. The van der Waals surface area contributed by atoms with Gasteiger partial charge in [-0.25, -0.2) is 8.42 Å². The summed E-state index contributed by atoms with van der Waals surface area (Å²) in [6, 6.07) is 10.0. The van der Waals surface area contributed by atoms with Crippen LogP contribution in [0.5, 0.6) is 17.2 Å². The van der Waals surface area contributed by atoms with Crippen molar-refractivity contribution in [2.45, 2.75) is 43.5 Å². The van der Waals surface area contributed by atoms with Gasteiger partial charge in [0, 0.05) is 24.7 Å². The van der Waals surface area contributed by atoms with Crippen LogP contribution in [0.2, 0.25) is 0 Å². The van der Waals surface area contributed by atoms with Crippen LogP contribution in [-0.4, -0.2) is 59.1 Å². The monoisotopic (exact) mass is 476 g/mol. The lowest BCUT2D eigenvalue weighted by Gasteiger charge is -2.32. The molecule has 1 atom stereocenters. The second-order valence-corrected chi connectivity index (χ2v) is 9.88. The van der Waals surface area contributed by atoms with Gasteiger partial charge in [-0.3, -0.25) is 4.79 Å². The first-order valence-electron chi connectivity index (χ1n) is 11.0. The van der Waals surface area contributed by atoms with Crippen molar-refractivity contribution in [2.75, 3.05) is 34.4 Å². The van der Waals surface area contributed by atoms with E-state index in [2.05, 4.69) is 5.32 Å². The summed E-state index contributed by atoms with van der Waals surface area (Å²) in [5.74, 6) is 1.15. The maximum atomic E-state index is 13.4. The van der Waals surface area contributed by atoms with Crippen LogP contribution in [0.15, 0.2) is 41.3 Å². The molecule has 1 N–H and O–H groups in total. The van der Waals surface area contributed by atoms with Crippen LogP contribution in [0.4, 0.5) is 0 Å². The van der Waals surface area contributed by atoms with Crippen LogP contribution in [0.3, 0.4) is 0 Å². The van der Waals surface area contributed by atoms with Crippen molar-refractivity contribution >= 4 is 15.9 Å². The Morgan fingerprint density at radius 2 is 1.70 bits per heavy atom. The Labute approximate surface area is 195 Å². The van der Waals surface area contributed by atoms with Gasteiger partial charge in [-0.1, -0.05) is 12.5 Å². The average Bonchev–Trinajstić information content (AvgIpc) is 2.83. The molecule has 33 heavy (non-hydrogen) atoms. The van der Waals surface area contributed by atoms with Crippen molar-refractivity contribution in [1.82, 2.24) is 9.62 Å². The number of methoxy groups -OCH3 is 3. The zero-order chi connectivity index (χ0) is 24.0. The van der Waals surface area contributed by atoms with E-state index in [0.717, 1.165) is 24.8 Å². The minimum Gasteiger partial charge on any atom is -0.495 e. The molecule has 1 unspecified atom stereocenters. The predicted molar refractivity (Wildman–Crippen MR) is 126 cm³/mol. The standard InChI is InChI=1S/C24H32N2O6S/c1-17-7-5-6-14-26(17)33(28,29)23-16-19(9-11-21(23)31-3)24(27)25-13-12-18-8-10-20(30-2)22(15-18)32-4/h8-11,15-17H,5-7,12-14H2,1-4H3,(H,25,27). The van der Waals surface area contributed by atoms with E-state index >= 15 is 0 Å². The highest BCUT2D eigenvalue weighted by Gasteiger charge is 2.33. The minimum atomic E-state index is -3.79. The average molecular weight is 477 g/mol. The fraction of sp³-hybridized carbons (Fsp3) is 0.458. The first-order chi connectivity index (χ1) is 15.8. The van der Waals surface area contributed by atoms with E-state index in [1.165, 1.54) is 23.5 Å². The van der Waals surface area contributed by atoms with E-state index in [0.29, 0.717) is 31.0 Å². The SMILES string of the molecule is COc1ccc(CCNC(=O)c2ccc(OC)c(S(=O)(=O)N3CCCCC3C)c2)cc1OC. The normalized spacial score (nSPS) is 16.8. The summed E-state index contributed by atoms with van der Waals surface area (Å²) in [5, 5.41) is 2.86. The number of amides is 1. The van der Waals surface area contributed by atoms with Crippen LogP contribution >= 0.6 is 0 Å². The molecule has 8 nitrogen and oxygen atoms in total. The van der Waals surface area contributed by atoms with Crippen molar-refractivity contribution < 1.29 is 27.4 Å². The fourth-order valence-electron chi connectivity index (χ4n) is 4.03. The summed E-state index contributed by atoms with van der Waals surface area (Å²) in [6.45, 7) is 2.76. The van der Waals surface area contributed by atoms with Crippen LogP contribution in [0, 0.1) is 0 Å². The second-order valence-electron chi connectivity index (χ2n) is 8.02. The Morgan fingerprint density at radius 3 is 2.36 bits per heavy atom. The van der Waals surface area contributed by atoms with E-state index in [-0.39, 0.29) is 28.2 Å². The highest BCUT2D eigenvalue weighted by Crippen LogP contribution is 2.32. The smallest absolute Gasteiger partial charge is 0.251 e. The molecule has 3 rings (SSSR count). The summed E-state index contributed by atoms with van der Waals surface area (Å²) < 4.78 is 44.1. The number of carbonyl (C=O) groups is 1. The van der Waals surface area contributed by atoms with E-state index < -0.39 is 10.0 Å². The number of piperidine rings is 1. The summed E-state index contributed by atoms with van der Waals surface area (Å²) in [5.41, 5.74) is 1.25. The van der Waals surface area contributed by atoms with Gasteiger partial charge in [0.1, 0.15) is 10.6 Å². The summed E-state index contributed by atoms with van der Waals surface area (Å²) >= 11 is 0. The Morgan fingerprint density at radius 1 is 1.00 bits per heavy atom. The Bertz CT molecular complexity index is 1090. The molecule has 1 aliphatic heterocycles. The zero-order valence-corrected chi connectivity index (χ0v) is 20.4. The Kier molecular flexibility index (Phi) is 8.20. The topological polar surface area (TPSA) is 94.2 Å². The van der Waals surface area contributed by atoms with Crippen molar-refractivity contribution in [3.63, 3.8) is 0 Å². The third kappa shape index (κ3) is 5.59. The number of benzene rings is 2. The quantitative estimate of drug-likeness (QED) is 0.597. The van der Waals surface area contributed by atoms with Crippen molar-refractivity contribution in [1.29, 1.82) is 0 Å². The highest BCUT2D eigenvalue weighted by molar-refractivity contribution is 7.89. The first-order valence-corrected chi connectivity index (χ1v) is 12.4. The maximum absolute atomic E-state index is 13.4. The number of hydrogen-bond donors (Lipinski definition) is 1. The highest BCUT2D eigenvalue weighted by atomic mass is 32.2. The van der Waals surface area contributed by atoms with E-state index in [1.807, 2.05) is 25.1 Å². The molecular weight excluding hydrogens is 444 g/mol. The lowest BCUT2D eigenvalue weighted by atomic mass is 10.1. The van der Waals surface area contributed by atoms with Gasteiger partial charge < -0.3 is 19.5 Å². The fourth-order valence-corrected chi connectivity index (χ4v) is 5.92. The lowest BCUT2D eigenvalue weighted by Crippen LogP contribution is -2.42. The number of sulfonamides is 1. The van der Waals surface area contributed by atoms with Crippen LogP contribution in [0.25, 0.3) is 0 Å². The van der Waals surface area contributed by atoms with E-state index in [1.54, 1.807) is 20.3 Å². The molecule has 1 aliphatic rings. The third-order valence-corrected chi connectivity index (χ3v) is 7.94. The van der Waals surface area contributed by atoms with Gasteiger partial charge in [-0.15, -0.1) is 0 Å². The van der Waals surface area contributed by atoms with Crippen LogP contribution in [-0.2, 0) is 16.4 Å². The molecule has 2 aromatic carbocycles. The molecule has 0 aromatic heterocycles. The number of ether oxygens (including phenoxy) is 3. The largest absolute Gasteiger partial charge is 0.495 e. The minimum absolute atomic E-state index is 0.0197. The molecule has 0 saturated carbocycles. The molecule has 1 amide bonds. The predicted octanol–water partition coefficient (Wildman–Crippen LogP) is 3.25. The number of carbonyl (C=O) groups excluding carboxylic acids is 1. The van der Waals surface area contributed by atoms with Gasteiger partial charge >= 0.3 is 0 Å². The Hall–Kier alpha value is -2.78.